The monoisotopic (exact) mass is 272 g/mol. The second kappa shape index (κ2) is 4.65. The lowest BCUT2D eigenvalue weighted by molar-refractivity contribution is 0.0686. The van der Waals surface area contributed by atoms with Crippen LogP contribution < -0.4 is 4.74 Å². The van der Waals surface area contributed by atoms with Crippen LogP contribution in [0.5, 0.6) is 11.6 Å². The lowest BCUT2D eigenvalue weighted by atomic mass is 10.3. The molecular weight excluding hydrogens is 263 g/mol. The predicted octanol–water partition coefficient (Wildman–Crippen LogP) is 2.96. The number of hydrogen-bond acceptors (Lipinski definition) is 3. The zero-order chi connectivity index (χ0) is 14.1. The van der Waals surface area contributed by atoms with Crippen LogP contribution in [0.2, 0.25) is 0 Å². The van der Waals surface area contributed by atoms with Gasteiger partial charge in [-0.05, 0) is 24.3 Å². The molecule has 0 saturated carbocycles. The van der Waals surface area contributed by atoms with Gasteiger partial charge in [0.2, 0.25) is 0 Å². The lowest BCUT2D eigenvalue weighted by Crippen LogP contribution is -2.03. The lowest BCUT2D eigenvalue weighted by Gasteiger charge is -2.03. The maximum absolute atomic E-state index is 13.1. The number of carboxylic acid groups (broad SMARTS) is 1. The molecule has 3 rings (SSSR count). The first-order chi connectivity index (χ1) is 9.65. The zero-order valence-corrected chi connectivity index (χ0v) is 10.2. The molecule has 0 radical (unpaired) electrons. The van der Waals surface area contributed by atoms with Gasteiger partial charge in [-0.3, -0.25) is 4.40 Å². The van der Waals surface area contributed by atoms with E-state index in [-0.39, 0.29) is 17.3 Å². The summed E-state index contributed by atoms with van der Waals surface area (Å²) in [4.78, 5) is 15.4. The molecule has 1 aromatic carbocycles. The van der Waals surface area contributed by atoms with Crippen molar-refractivity contribution < 1.29 is 19.0 Å². The minimum absolute atomic E-state index is 0.0747. The number of carboxylic acids is 1. The summed E-state index contributed by atoms with van der Waals surface area (Å²) in [6, 6.07) is 10.5. The quantitative estimate of drug-likeness (QED) is 0.796. The average molecular weight is 272 g/mol. The number of hydrogen-bond donors (Lipinski definition) is 1. The third-order valence-electron chi connectivity index (χ3n) is 2.71. The molecule has 0 aliphatic rings. The van der Waals surface area contributed by atoms with E-state index in [1.807, 2.05) is 0 Å². The van der Waals surface area contributed by atoms with Crippen molar-refractivity contribution in [3.05, 3.63) is 60.2 Å². The first-order valence-electron chi connectivity index (χ1n) is 5.79. The van der Waals surface area contributed by atoms with Crippen LogP contribution >= 0.6 is 0 Å². The molecule has 0 saturated heterocycles. The van der Waals surface area contributed by atoms with Gasteiger partial charge in [0.05, 0.1) is 0 Å². The van der Waals surface area contributed by atoms with Crippen molar-refractivity contribution in [2.24, 2.45) is 0 Å². The normalized spacial score (nSPS) is 10.7. The number of imidazole rings is 1. The van der Waals surface area contributed by atoms with Gasteiger partial charge in [0.15, 0.2) is 5.69 Å². The highest BCUT2D eigenvalue weighted by atomic mass is 19.1. The maximum atomic E-state index is 13.1. The van der Waals surface area contributed by atoms with Crippen LogP contribution in [0.4, 0.5) is 4.39 Å². The van der Waals surface area contributed by atoms with E-state index in [9.17, 15) is 14.3 Å². The highest BCUT2D eigenvalue weighted by Crippen LogP contribution is 2.26. The van der Waals surface area contributed by atoms with E-state index in [1.165, 1.54) is 22.6 Å². The molecule has 0 atom stereocenters. The largest absolute Gasteiger partial charge is 0.476 e. The summed E-state index contributed by atoms with van der Waals surface area (Å²) in [5.41, 5.74) is 0.334. The van der Waals surface area contributed by atoms with E-state index >= 15 is 0 Å². The molecule has 5 nitrogen and oxygen atoms in total. The van der Waals surface area contributed by atoms with Crippen molar-refractivity contribution in [2.75, 3.05) is 0 Å². The van der Waals surface area contributed by atoms with E-state index in [2.05, 4.69) is 4.98 Å². The fourth-order valence-corrected chi connectivity index (χ4v) is 1.88. The van der Waals surface area contributed by atoms with Crippen LogP contribution in [0.25, 0.3) is 5.65 Å². The first kappa shape index (κ1) is 12.2. The minimum atomic E-state index is -1.17. The van der Waals surface area contributed by atoms with E-state index in [4.69, 9.17) is 4.74 Å². The Morgan fingerprint density at radius 2 is 2.10 bits per heavy atom. The number of carbonyl (C=O) groups is 1. The number of pyridine rings is 1. The molecule has 20 heavy (non-hydrogen) atoms. The van der Waals surface area contributed by atoms with E-state index in [0.717, 1.165) is 6.07 Å². The average Bonchev–Trinajstić information content (AvgIpc) is 2.76. The van der Waals surface area contributed by atoms with Crippen molar-refractivity contribution in [3.63, 3.8) is 0 Å². The molecule has 0 aliphatic heterocycles. The van der Waals surface area contributed by atoms with Crippen LogP contribution in [0, 0.1) is 5.82 Å². The SMILES string of the molecule is O=C(O)c1c(Oc2cccc(F)c2)nc2ccccn12. The fraction of sp³-hybridized carbons (Fsp3) is 0. The van der Waals surface area contributed by atoms with Gasteiger partial charge in [-0.15, -0.1) is 0 Å². The Hall–Kier alpha value is -2.89. The number of benzene rings is 1. The number of fused-ring (bicyclic) bond motifs is 1. The fourth-order valence-electron chi connectivity index (χ4n) is 1.88. The number of rotatable bonds is 3. The summed E-state index contributed by atoms with van der Waals surface area (Å²) in [7, 11) is 0. The summed E-state index contributed by atoms with van der Waals surface area (Å²) in [5, 5.41) is 9.27. The predicted molar refractivity (Wildman–Crippen MR) is 68.6 cm³/mol. The van der Waals surface area contributed by atoms with Gasteiger partial charge >= 0.3 is 5.97 Å². The maximum Gasteiger partial charge on any atom is 0.358 e. The van der Waals surface area contributed by atoms with Crippen molar-refractivity contribution in [1.82, 2.24) is 9.38 Å². The number of halogens is 1. The van der Waals surface area contributed by atoms with Crippen molar-refractivity contribution in [1.29, 1.82) is 0 Å². The zero-order valence-electron chi connectivity index (χ0n) is 10.2. The number of ether oxygens (including phenoxy) is 1. The number of aromatic nitrogens is 2. The molecular formula is C14H9FN2O3. The summed E-state index contributed by atoms with van der Waals surface area (Å²) >= 11 is 0. The molecule has 0 fully saturated rings. The molecule has 0 bridgehead atoms. The van der Waals surface area contributed by atoms with E-state index < -0.39 is 11.8 Å². The standard InChI is InChI=1S/C14H9FN2O3/c15-9-4-3-5-10(8-9)20-13-12(14(18)19)17-7-2-1-6-11(17)16-13/h1-8H,(H,18,19). The Balaban J connectivity index is 2.11. The molecule has 2 aromatic heterocycles. The van der Waals surface area contributed by atoms with Gasteiger partial charge in [-0.25, -0.2) is 9.18 Å². The smallest absolute Gasteiger partial charge is 0.358 e. The van der Waals surface area contributed by atoms with Crippen LogP contribution in [-0.2, 0) is 0 Å². The topological polar surface area (TPSA) is 63.8 Å². The van der Waals surface area contributed by atoms with Crippen molar-refractivity contribution >= 4 is 11.6 Å². The molecule has 0 aliphatic carbocycles. The summed E-state index contributed by atoms with van der Waals surface area (Å²) in [6.45, 7) is 0. The Morgan fingerprint density at radius 1 is 1.25 bits per heavy atom. The van der Waals surface area contributed by atoms with Gasteiger partial charge in [-0.2, -0.15) is 4.98 Å². The van der Waals surface area contributed by atoms with Crippen LogP contribution in [-0.4, -0.2) is 20.5 Å². The highest BCUT2D eigenvalue weighted by Gasteiger charge is 2.20. The van der Waals surface area contributed by atoms with Crippen molar-refractivity contribution in [2.45, 2.75) is 0 Å². The summed E-state index contributed by atoms with van der Waals surface area (Å²) in [5.74, 6) is -1.52. The Labute approximate surface area is 112 Å². The van der Waals surface area contributed by atoms with Crippen LogP contribution in [0.1, 0.15) is 10.5 Å². The third-order valence-corrected chi connectivity index (χ3v) is 2.71. The van der Waals surface area contributed by atoms with Gasteiger partial charge in [0.1, 0.15) is 17.2 Å². The Morgan fingerprint density at radius 3 is 2.85 bits per heavy atom. The van der Waals surface area contributed by atoms with Gasteiger partial charge in [0, 0.05) is 12.3 Å². The van der Waals surface area contributed by atoms with E-state index in [1.54, 1.807) is 24.4 Å². The van der Waals surface area contributed by atoms with Gasteiger partial charge in [-0.1, -0.05) is 12.1 Å². The number of aromatic carboxylic acids is 1. The highest BCUT2D eigenvalue weighted by molar-refractivity contribution is 5.89. The van der Waals surface area contributed by atoms with Crippen molar-refractivity contribution in [3.8, 4) is 11.6 Å². The molecule has 3 aromatic rings. The number of nitrogens with zero attached hydrogens (tertiary/aromatic N) is 2. The Kier molecular flexibility index (Phi) is 2.83. The Bertz CT molecular complexity index is 798. The third kappa shape index (κ3) is 2.07. The second-order valence-corrected chi connectivity index (χ2v) is 4.06. The second-order valence-electron chi connectivity index (χ2n) is 4.06. The molecule has 6 heteroatoms. The summed E-state index contributed by atoms with van der Waals surface area (Å²) in [6.07, 6.45) is 1.57. The van der Waals surface area contributed by atoms with E-state index in [0.29, 0.717) is 5.65 Å². The molecule has 0 spiro atoms. The molecule has 100 valence electrons. The van der Waals surface area contributed by atoms with Gasteiger partial charge < -0.3 is 9.84 Å². The molecule has 0 unspecified atom stereocenters. The minimum Gasteiger partial charge on any atom is -0.476 e. The van der Waals surface area contributed by atoms with Gasteiger partial charge in [0.25, 0.3) is 5.88 Å². The molecule has 1 N–H and O–H groups in total. The molecule has 2 heterocycles. The molecule has 0 amide bonds. The van der Waals surface area contributed by atoms with Crippen LogP contribution in [0.3, 0.4) is 0 Å². The first-order valence-corrected chi connectivity index (χ1v) is 5.79. The summed E-state index contributed by atoms with van der Waals surface area (Å²) < 4.78 is 19.9. The van der Waals surface area contributed by atoms with Crippen LogP contribution in [0.15, 0.2) is 48.7 Å².